The van der Waals surface area contributed by atoms with Crippen LogP contribution >= 0.6 is 0 Å². The summed E-state index contributed by atoms with van der Waals surface area (Å²) in [7, 11) is -3.63. The predicted molar refractivity (Wildman–Crippen MR) is 148 cm³/mol. The first-order valence-corrected chi connectivity index (χ1v) is 19.2. The Balaban J connectivity index is 2.11. The summed E-state index contributed by atoms with van der Waals surface area (Å²) in [6.07, 6.45) is 6.80. The molecule has 1 N–H and O–H groups in total. The van der Waals surface area contributed by atoms with E-state index in [4.69, 9.17) is 8.85 Å². The van der Waals surface area contributed by atoms with Crippen molar-refractivity contribution in [3.8, 4) is 0 Å². The zero-order valence-corrected chi connectivity index (χ0v) is 26.2. The summed E-state index contributed by atoms with van der Waals surface area (Å²) in [6, 6.07) is 0. The molecule has 3 nitrogen and oxygen atoms in total. The van der Waals surface area contributed by atoms with Crippen molar-refractivity contribution in [1.82, 2.24) is 0 Å². The van der Waals surface area contributed by atoms with Crippen LogP contribution in [0.4, 0.5) is 0 Å². The fraction of sp³-hybridized carbons (Fsp3) is 0.929. The molecule has 0 spiro atoms. The lowest BCUT2D eigenvalue weighted by Gasteiger charge is -2.51. The first-order chi connectivity index (χ1) is 14.6. The molecule has 2 saturated carbocycles. The lowest BCUT2D eigenvalue weighted by molar-refractivity contribution is -0.0869. The molecule has 0 amide bonds. The molecule has 33 heavy (non-hydrogen) atoms. The van der Waals surface area contributed by atoms with Gasteiger partial charge >= 0.3 is 0 Å². The molecule has 2 aliphatic rings. The van der Waals surface area contributed by atoms with Crippen LogP contribution in [0.25, 0.3) is 0 Å². The number of fused-ring (bicyclic) bond motifs is 1. The van der Waals surface area contributed by atoms with Gasteiger partial charge in [0.2, 0.25) is 0 Å². The molecule has 2 rings (SSSR count). The molecule has 194 valence electrons. The van der Waals surface area contributed by atoms with E-state index in [2.05, 4.69) is 88.2 Å². The number of hydrogen-bond donors (Lipinski definition) is 1. The predicted octanol–water partition coefficient (Wildman–Crippen LogP) is 8.31. The third kappa shape index (κ3) is 6.25. The third-order valence-electron chi connectivity index (χ3n) is 10.1. The SMILES string of the molecule is C=C(CO[Si](C)(C)C(C)(C)C)C[C@](C)(O)[C@H]1CC[C@H]2[C@@H](O[Si](C)(C)C(C)(C)C)CCC[C@@]21C. The molecule has 5 atom stereocenters. The van der Waals surface area contributed by atoms with Crippen molar-refractivity contribution in [1.29, 1.82) is 0 Å². The van der Waals surface area contributed by atoms with Gasteiger partial charge in [-0.3, -0.25) is 0 Å². The second-order valence-electron chi connectivity index (χ2n) is 14.9. The van der Waals surface area contributed by atoms with E-state index in [9.17, 15) is 5.11 Å². The summed E-state index contributed by atoms with van der Waals surface area (Å²) in [5, 5.41) is 12.2. The Hall–Kier alpha value is 0.0538. The van der Waals surface area contributed by atoms with Gasteiger partial charge in [-0.05, 0) is 92.5 Å². The van der Waals surface area contributed by atoms with Crippen molar-refractivity contribution < 1.29 is 14.0 Å². The second kappa shape index (κ2) is 9.50. The largest absolute Gasteiger partial charge is 0.414 e. The highest BCUT2D eigenvalue weighted by Gasteiger charge is 2.57. The number of hydrogen-bond acceptors (Lipinski definition) is 3. The van der Waals surface area contributed by atoms with E-state index < -0.39 is 22.2 Å². The highest BCUT2D eigenvalue weighted by molar-refractivity contribution is 6.74. The van der Waals surface area contributed by atoms with Gasteiger partial charge < -0.3 is 14.0 Å². The standard InChI is InChI=1S/C28H56O3Si2/c1-21(20-30-32(10,11)25(2,3)4)19-28(9,29)24-17-16-22-23(15-14-18-27(22,24)8)31-33(12,13)26(5,6)7/h22-24,29H,1,14-20H2,2-13H3/t22-,23-,24-,27-,28-/m0/s1. The molecular weight excluding hydrogens is 440 g/mol. The molecule has 0 aromatic carbocycles. The Labute approximate surface area is 208 Å². The number of rotatable bonds is 8. The summed E-state index contributed by atoms with van der Waals surface area (Å²) in [5.74, 6) is 0.832. The van der Waals surface area contributed by atoms with Crippen molar-refractivity contribution in [2.45, 2.75) is 142 Å². The normalized spacial score (nSPS) is 31.2. The van der Waals surface area contributed by atoms with E-state index in [0.717, 1.165) is 12.0 Å². The van der Waals surface area contributed by atoms with Crippen LogP contribution in [0.2, 0.25) is 36.3 Å². The molecule has 0 aliphatic heterocycles. The van der Waals surface area contributed by atoms with Gasteiger partial charge in [0.25, 0.3) is 0 Å². The van der Waals surface area contributed by atoms with E-state index in [-0.39, 0.29) is 21.4 Å². The minimum absolute atomic E-state index is 0.134. The van der Waals surface area contributed by atoms with Gasteiger partial charge in [-0.25, -0.2) is 0 Å². The Kier molecular flexibility index (Phi) is 8.43. The highest BCUT2D eigenvalue weighted by Crippen LogP contribution is 2.60. The van der Waals surface area contributed by atoms with E-state index in [1.807, 2.05) is 0 Å². The fourth-order valence-electron chi connectivity index (χ4n) is 6.02. The monoisotopic (exact) mass is 496 g/mol. The quantitative estimate of drug-likeness (QED) is 0.271. The van der Waals surface area contributed by atoms with E-state index in [1.54, 1.807) is 0 Å². The van der Waals surface area contributed by atoms with Crippen molar-refractivity contribution >= 4 is 16.6 Å². The minimum Gasteiger partial charge on any atom is -0.414 e. The van der Waals surface area contributed by atoms with Gasteiger partial charge in [0.05, 0.1) is 12.2 Å². The van der Waals surface area contributed by atoms with E-state index in [1.165, 1.54) is 25.7 Å². The zero-order chi connectivity index (χ0) is 25.7. The van der Waals surface area contributed by atoms with E-state index in [0.29, 0.717) is 25.0 Å². The minimum atomic E-state index is -1.82. The molecule has 0 radical (unpaired) electrons. The van der Waals surface area contributed by atoms with Crippen LogP contribution in [0.5, 0.6) is 0 Å². The maximum atomic E-state index is 11.8. The van der Waals surface area contributed by atoms with Gasteiger partial charge in [0.15, 0.2) is 16.6 Å². The Morgan fingerprint density at radius 3 is 2.00 bits per heavy atom. The molecule has 2 fully saturated rings. The van der Waals surface area contributed by atoms with Crippen LogP contribution in [0.3, 0.4) is 0 Å². The maximum Gasteiger partial charge on any atom is 0.192 e. The van der Waals surface area contributed by atoms with Crippen molar-refractivity contribution in [3.05, 3.63) is 12.2 Å². The Bertz CT molecular complexity index is 699. The van der Waals surface area contributed by atoms with Crippen LogP contribution in [0.1, 0.15) is 93.9 Å². The Morgan fingerprint density at radius 1 is 0.939 bits per heavy atom. The molecule has 0 heterocycles. The van der Waals surface area contributed by atoms with Crippen molar-refractivity contribution in [2.24, 2.45) is 17.3 Å². The molecule has 0 aromatic heterocycles. The number of aliphatic hydroxyl groups is 1. The lowest BCUT2D eigenvalue weighted by Crippen LogP contribution is -2.52. The summed E-state index contributed by atoms with van der Waals surface area (Å²) < 4.78 is 13.4. The molecule has 2 aliphatic carbocycles. The summed E-state index contributed by atoms with van der Waals surface area (Å²) in [6.45, 7) is 32.5. The molecular formula is C28H56O3Si2. The zero-order valence-electron chi connectivity index (χ0n) is 24.2. The van der Waals surface area contributed by atoms with Crippen LogP contribution < -0.4 is 0 Å². The van der Waals surface area contributed by atoms with Crippen LogP contribution in [0, 0.1) is 17.3 Å². The first kappa shape index (κ1) is 29.3. The summed E-state index contributed by atoms with van der Waals surface area (Å²) in [4.78, 5) is 0. The van der Waals surface area contributed by atoms with Crippen molar-refractivity contribution in [2.75, 3.05) is 6.61 Å². The van der Waals surface area contributed by atoms with Crippen LogP contribution in [-0.4, -0.2) is 40.1 Å². The summed E-state index contributed by atoms with van der Waals surface area (Å²) >= 11 is 0. The molecule has 5 heteroatoms. The summed E-state index contributed by atoms with van der Waals surface area (Å²) in [5.41, 5.74) is 0.410. The molecule has 0 unspecified atom stereocenters. The molecule has 0 bridgehead atoms. The lowest BCUT2D eigenvalue weighted by atomic mass is 9.60. The average molecular weight is 497 g/mol. The van der Waals surface area contributed by atoms with Gasteiger partial charge in [0, 0.05) is 6.10 Å². The highest BCUT2D eigenvalue weighted by atomic mass is 28.4. The topological polar surface area (TPSA) is 38.7 Å². The smallest absolute Gasteiger partial charge is 0.192 e. The van der Waals surface area contributed by atoms with Crippen LogP contribution in [0.15, 0.2) is 12.2 Å². The van der Waals surface area contributed by atoms with Gasteiger partial charge in [-0.2, -0.15) is 0 Å². The molecule has 0 saturated heterocycles. The average Bonchev–Trinajstić information content (AvgIpc) is 2.96. The van der Waals surface area contributed by atoms with Crippen LogP contribution in [-0.2, 0) is 8.85 Å². The van der Waals surface area contributed by atoms with Gasteiger partial charge in [-0.1, -0.05) is 67.0 Å². The third-order valence-corrected chi connectivity index (χ3v) is 19.1. The second-order valence-corrected chi connectivity index (χ2v) is 24.4. The van der Waals surface area contributed by atoms with Gasteiger partial charge in [-0.15, -0.1) is 0 Å². The van der Waals surface area contributed by atoms with E-state index >= 15 is 0 Å². The fourth-order valence-corrected chi connectivity index (χ4v) is 8.41. The first-order valence-electron chi connectivity index (χ1n) is 13.3. The van der Waals surface area contributed by atoms with Gasteiger partial charge in [0.1, 0.15) is 0 Å². The molecule has 0 aromatic rings. The van der Waals surface area contributed by atoms with Crippen molar-refractivity contribution in [3.63, 3.8) is 0 Å². The maximum absolute atomic E-state index is 11.8. The Morgan fingerprint density at radius 2 is 1.48 bits per heavy atom.